The van der Waals surface area contributed by atoms with Crippen molar-refractivity contribution in [1.29, 1.82) is 0 Å². The van der Waals surface area contributed by atoms with Crippen molar-refractivity contribution < 1.29 is 13.2 Å². The van der Waals surface area contributed by atoms with Crippen LogP contribution < -0.4 is 4.90 Å². The van der Waals surface area contributed by atoms with E-state index in [0.717, 1.165) is 24.8 Å². The second kappa shape index (κ2) is 7.57. The van der Waals surface area contributed by atoms with Crippen LogP contribution in [0.3, 0.4) is 0 Å². The third-order valence-electron chi connectivity index (χ3n) is 5.15. The number of sulfonamides is 1. The predicted molar refractivity (Wildman–Crippen MR) is 101 cm³/mol. The molecule has 2 aliphatic rings. The molecule has 0 saturated carbocycles. The summed E-state index contributed by atoms with van der Waals surface area (Å²) in [5.74, 6) is 0.514. The summed E-state index contributed by atoms with van der Waals surface area (Å²) in [4.78, 5) is 6.74. The highest BCUT2D eigenvalue weighted by Crippen LogP contribution is 2.31. The summed E-state index contributed by atoms with van der Waals surface area (Å²) in [7, 11) is -1.68. The van der Waals surface area contributed by atoms with Gasteiger partial charge in [0.15, 0.2) is 0 Å². The molecule has 2 aliphatic heterocycles. The van der Waals surface area contributed by atoms with Gasteiger partial charge in [-0.2, -0.15) is 9.40 Å². The Morgan fingerprint density at radius 2 is 2.00 bits per heavy atom. The fraction of sp³-hybridized carbons (Fsp3) is 0.556. The lowest BCUT2D eigenvalue weighted by Gasteiger charge is -2.35. The van der Waals surface area contributed by atoms with Gasteiger partial charge in [-0.3, -0.25) is 4.68 Å². The van der Waals surface area contributed by atoms with E-state index < -0.39 is 10.0 Å². The molecule has 4 heterocycles. The van der Waals surface area contributed by atoms with Crippen molar-refractivity contribution in [1.82, 2.24) is 19.1 Å². The molecule has 1 atom stereocenters. The van der Waals surface area contributed by atoms with Crippen molar-refractivity contribution in [3.05, 3.63) is 36.3 Å². The van der Waals surface area contributed by atoms with Gasteiger partial charge in [0.2, 0.25) is 10.0 Å². The first-order valence-electron chi connectivity index (χ1n) is 9.36. The standard InChI is InChI=1S/C18H25N5O3S/c1-21-13-15(12-20-21)16-14-22(10-11-26-16)18-17(6-5-7-19-18)27(24,25)23-8-3-2-4-9-23/h5-7,12-13,16H,2-4,8-11,14H2,1H3/t16-/m1/s1. The number of nitrogens with zero attached hydrogens (tertiary/aromatic N) is 5. The van der Waals surface area contributed by atoms with E-state index in [4.69, 9.17) is 4.74 Å². The molecule has 0 aromatic carbocycles. The Balaban J connectivity index is 1.62. The molecule has 0 spiro atoms. The van der Waals surface area contributed by atoms with Gasteiger partial charge in [0.25, 0.3) is 0 Å². The van der Waals surface area contributed by atoms with Gasteiger partial charge in [-0.1, -0.05) is 6.42 Å². The molecule has 2 aromatic heterocycles. The van der Waals surface area contributed by atoms with Crippen molar-refractivity contribution in [3.8, 4) is 0 Å². The molecule has 8 nitrogen and oxygen atoms in total. The van der Waals surface area contributed by atoms with Crippen molar-refractivity contribution in [2.24, 2.45) is 7.05 Å². The summed E-state index contributed by atoms with van der Waals surface area (Å²) < 4.78 is 35.7. The van der Waals surface area contributed by atoms with Crippen LogP contribution in [0.25, 0.3) is 0 Å². The third kappa shape index (κ3) is 3.71. The first-order valence-corrected chi connectivity index (χ1v) is 10.8. The second-order valence-corrected chi connectivity index (χ2v) is 8.95. The van der Waals surface area contributed by atoms with Crippen molar-refractivity contribution in [2.75, 3.05) is 37.7 Å². The summed E-state index contributed by atoms with van der Waals surface area (Å²) in [5.41, 5.74) is 0.985. The molecule has 146 valence electrons. The fourth-order valence-corrected chi connectivity index (χ4v) is 5.40. The summed E-state index contributed by atoms with van der Waals surface area (Å²) in [6.07, 6.45) is 8.13. The monoisotopic (exact) mass is 391 g/mol. The molecule has 0 N–H and O–H groups in total. The highest BCUT2D eigenvalue weighted by atomic mass is 32.2. The second-order valence-electron chi connectivity index (χ2n) is 7.04. The van der Waals surface area contributed by atoms with E-state index in [9.17, 15) is 8.42 Å². The van der Waals surface area contributed by atoms with E-state index in [2.05, 4.69) is 10.1 Å². The zero-order valence-electron chi connectivity index (χ0n) is 15.5. The molecule has 0 radical (unpaired) electrons. The maximum atomic E-state index is 13.2. The number of morpholine rings is 1. The molecular formula is C18H25N5O3S. The highest BCUT2D eigenvalue weighted by molar-refractivity contribution is 7.89. The van der Waals surface area contributed by atoms with Gasteiger partial charge in [0.1, 0.15) is 16.8 Å². The fourth-order valence-electron chi connectivity index (χ4n) is 3.72. The Morgan fingerprint density at radius 3 is 2.74 bits per heavy atom. The van der Waals surface area contributed by atoms with Crippen molar-refractivity contribution in [2.45, 2.75) is 30.3 Å². The van der Waals surface area contributed by atoms with Crippen LogP contribution in [0.15, 0.2) is 35.6 Å². The number of hydrogen-bond acceptors (Lipinski definition) is 6. The van der Waals surface area contributed by atoms with Gasteiger partial charge in [-0.05, 0) is 25.0 Å². The van der Waals surface area contributed by atoms with Gasteiger partial charge in [-0.15, -0.1) is 0 Å². The Morgan fingerprint density at radius 1 is 1.19 bits per heavy atom. The normalized spacial score (nSPS) is 22.1. The molecule has 2 saturated heterocycles. The minimum Gasteiger partial charge on any atom is -0.370 e. The van der Waals surface area contributed by atoms with Gasteiger partial charge in [0.05, 0.1) is 19.3 Å². The lowest BCUT2D eigenvalue weighted by Crippen LogP contribution is -2.41. The van der Waals surface area contributed by atoms with E-state index in [1.807, 2.05) is 18.1 Å². The number of hydrogen-bond donors (Lipinski definition) is 0. The average molecular weight is 391 g/mol. The summed E-state index contributed by atoms with van der Waals surface area (Å²) in [6, 6.07) is 3.36. The first kappa shape index (κ1) is 18.4. The van der Waals surface area contributed by atoms with Gasteiger partial charge in [0, 0.05) is 44.6 Å². The number of pyridine rings is 1. The van der Waals surface area contributed by atoms with E-state index >= 15 is 0 Å². The Kier molecular flexibility index (Phi) is 5.16. The maximum Gasteiger partial charge on any atom is 0.246 e. The zero-order valence-corrected chi connectivity index (χ0v) is 16.3. The molecule has 2 aromatic rings. The molecule has 0 unspecified atom stereocenters. The molecule has 4 rings (SSSR count). The number of anilines is 1. The van der Waals surface area contributed by atoms with Crippen LogP contribution >= 0.6 is 0 Å². The topological polar surface area (TPSA) is 80.6 Å². The first-order chi connectivity index (χ1) is 13.1. The van der Waals surface area contributed by atoms with Crippen LogP contribution in [-0.4, -0.2) is 60.3 Å². The molecule has 0 aliphatic carbocycles. The lowest BCUT2D eigenvalue weighted by atomic mass is 10.1. The largest absolute Gasteiger partial charge is 0.370 e. The summed E-state index contributed by atoms with van der Waals surface area (Å²) >= 11 is 0. The van der Waals surface area contributed by atoms with Crippen LogP contribution in [-0.2, 0) is 21.8 Å². The van der Waals surface area contributed by atoms with Crippen LogP contribution in [0.4, 0.5) is 5.82 Å². The molecule has 27 heavy (non-hydrogen) atoms. The minimum absolute atomic E-state index is 0.153. The van der Waals surface area contributed by atoms with E-state index in [-0.39, 0.29) is 6.10 Å². The lowest BCUT2D eigenvalue weighted by molar-refractivity contribution is 0.0393. The smallest absolute Gasteiger partial charge is 0.246 e. The Labute approximate surface area is 159 Å². The van der Waals surface area contributed by atoms with Crippen LogP contribution in [0.1, 0.15) is 30.9 Å². The van der Waals surface area contributed by atoms with Gasteiger partial charge in [-0.25, -0.2) is 13.4 Å². The SMILES string of the molecule is Cn1cc([C@H]2CN(c3ncccc3S(=O)(=O)N3CCCCC3)CCO2)cn1. The maximum absolute atomic E-state index is 13.2. The van der Waals surface area contributed by atoms with E-state index in [0.29, 0.717) is 43.5 Å². The van der Waals surface area contributed by atoms with Crippen LogP contribution in [0, 0.1) is 0 Å². The van der Waals surface area contributed by atoms with E-state index in [1.54, 1.807) is 33.5 Å². The number of aryl methyl sites for hydroxylation is 1. The van der Waals surface area contributed by atoms with Gasteiger partial charge < -0.3 is 9.64 Å². The predicted octanol–water partition coefficient (Wildman–Crippen LogP) is 1.57. The number of aromatic nitrogens is 3. The third-order valence-corrected chi connectivity index (χ3v) is 7.07. The van der Waals surface area contributed by atoms with Gasteiger partial charge >= 0.3 is 0 Å². The van der Waals surface area contributed by atoms with Crippen LogP contribution in [0.2, 0.25) is 0 Å². The Bertz CT molecular complexity index is 892. The zero-order chi connectivity index (χ0) is 18.9. The quantitative estimate of drug-likeness (QED) is 0.787. The Hall–Kier alpha value is -1.97. The number of ether oxygens (including phenoxy) is 1. The van der Waals surface area contributed by atoms with Crippen molar-refractivity contribution in [3.63, 3.8) is 0 Å². The molecule has 9 heteroatoms. The average Bonchev–Trinajstić information content (AvgIpc) is 3.15. The van der Waals surface area contributed by atoms with Crippen molar-refractivity contribution >= 4 is 15.8 Å². The number of piperidine rings is 1. The summed E-state index contributed by atoms with van der Waals surface area (Å²) in [6.45, 7) is 2.83. The highest BCUT2D eigenvalue weighted by Gasteiger charge is 2.32. The minimum atomic E-state index is -3.55. The summed E-state index contributed by atoms with van der Waals surface area (Å²) in [5, 5.41) is 4.21. The molecule has 0 bridgehead atoms. The van der Waals surface area contributed by atoms with Crippen LogP contribution in [0.5, 0.6) is 0 Å². The van der Waals surface area contributed by atoms with E-state index in [1.165, 1.54) is 0 Å². The molecule has 0 amide bonds. The molecular weight excluding hydrogens is 366 g/mol. The molecule has 2 fully saturated rings. The number of rotatable bonds is 4.